The fourth-order valence-electron chi connectivity index (χ4n) is 2.73. The lowest BCUT2D eigenvalue weighted by atomic mass is 10.0. The molecule has 5 N–H and O–H groups in total. The molecule has 0 aliphatic rings. The lowest BCUT2D eigenvalue weighted by molar-refractivity contribution is 0.252. The molecule has 3 aromatic rings. The molecular formula is C21H22N6O. The van der Waals surface area contributed by atoms with Gasteiger partial charge in [0.25, 0.3) is 0 Å². The van der Waals surface area contributed by atoms with Crippen molar-refractivity contribution in [3.05, 3.63) is 83.3 Å². The molecular weight excluding hydrogens is 352 g/mol. The van der Waals surface area contributed by atoms with E-state index in [-0.39, 0.29) is 11.7 Å². The van der Waals surface area contributed by atoms with E-state index in [9.17, 15) is 4.79 Å². The predicted octanol–water partition coefficient (Wildman–Crippen LogP) is 3.15. The summed E-state index contributed by atoms with van der Waals surface area (Å²) in [5.74, 6) is 0.331. The third kappa shape index (κ3) is 4.91. The number of carbonyl (C=O) groups is 1. The average molecular weight is 374 g/mol. The van der Waals surface area contributed by atoms with Gasteiger partial charge in [-0.05, 0) is 31.0 Å². The standard InChI is InChI=1S/C21H22N6O/c1-14-11-16(8-10-24-14)20(23)17-13-26-19(12-18(17)22)27-21(28)25-9-7-15-5-3-2-4-6-15/h2-6,8,10-13,23H,7,9H2,1H3,(H4,22,25,26,27,28). The zero-order chi connectivity index (χ0) is 19.9. The van der Waals surface area contributed by atoms with Crippen LogP contribution in [-0.4, -0.2) is 28.3 Å². The Morgan fingerprint density at radius 3 is 2.64 bits per heavy atom. The molecule has 0 bridgehead atoms. The number of aryl methyl sites for hydroxylation is 1. The van der Waals surface area contributed by atoms with Gasteiger partial charge in [-0.3, -0.25) is 15.7 Å². The lowest BCUT2D eigenvalue weighted by Gasteiger charge is -2.11. The maximum absolute atomic E-state index is 12.0. The highest BCUT2D eigenvalue weighted by atomic mass is 16.2. The normalized spacial score (nSPS) is 10.3. The van der Waals surface area contributed by atoms with Crippen molar-refractivity contribution in [2.24, 2.45) is 0 Å². The van der Waals surface area contributed by atoms with E-state index in [1.807, 2.05) is 43.3 Å². The van der Waals surface area contributed by atoms with Crippen LogP contribution in [0.3, 0.4) is 0 Å². The summed E-state index contributed by atoms with van der Waals surface area (Å²) in [7, 11) is 0. The van der Waals surface area contributed by atoms with Crippen LogP contribution < -0.4 is 16.4 Å². The lowest BCUT2D eigenvalue weighted by Crippen LogP contribution is -2.30. The Morgan fingerprint density at radius 2 is 1.93 bits per heavy atom. The first-order valence-electron chi connectivity index (χ1n) is 8.89. The van der Waals surface area contributed by atoms with Gasteiger partial charge in [-0.25, -0.2) is 9.78 Å². The highest BCUT2D eigenvalue weighted by Gasteiger charge is 2.11. The van der Waals surface area contributed by atoms with E-state index in [1.54, 1.807) is 18.3 Å². The Labute approximate surface area is 163 Å². The smallest absolute Gasteiger partial charge is 0.320 e. The van der Waals surface area contributed by atoms with Gasteiger partial charge in [0.05, 0.1) is 5.71 Å². The minimum absolute atomic E-state index is 0.259. The van der Waals surface area contributed by atoms with Gasteiger partial charge in [-0.15, -0.1) is 0 Å². The first kappa shape index (κ1) is 19.0. The summed E-state index contributed by atoms with van der Waals surface area (Å²) in [6.07, 6.45) is 3.89. The molecule has 2 aromatic heterocycles. The molecule has 2 heterocycles. The molecule has 0 unspecified atom stereocenters. The minimum Gasteiger partial charge on any atom is -0.398 e. The number of aromatic nitrogens is 2. The van der Waals surface area contributed by atoms with Crippen molar-refractivity contribution in [2.75, 3.05) is 17.6 Å². The molecule has 0 fully saturated rings. The number of anilines is 2. The Morgan fingerprint density at radius 1 is 1.14 bits per heavy atom. The second-order valence-corrected chi connectivity index (χ2v) is 6.33. The number of nitrogens with one attached hydrogen (secondary N) is 3. The van der Waals surface area contributed by atoms with Gasteiger partial charge in [-0.1, -0.05) is 30.3 Å². The molecule has 7 nitrogen and oxygen atoms in total. The second kappa shape index (κ2) is 8.77. The Kier molecular flexibility index (Phi) is 5.96. The first-order chi connectivity index (χ1) is 13.5. The molecule has 142 valence electrons. The Bertz CT molecular complexity index is 987. The van der Waals surface area contributed by atoms with Crippen molar-refractivity contribution < 1.29 is 4.79 Å². The van der Waals surface area contributed by atoms with Gasteiger partial charge in [0.1, 0.15) is 5.82 Å². The Balaban J connectivity index is 1.59. The third-order valence-corrected chi connectivity index (χ3v) is 4.17. The van der Waals surface area contributed by atoms with Crippen molar-refractivity contribution in [1.82, 2.24) is 15.3 Å². The molecule has 0 radical (unpaired) electrons. The summed E-state index contributed by atoms with van der Waals surface area (Å²) in [5, 5.41) is 13.8. The highest BCUT2D eigenvalue weighted by Crippen LogP contribution is 2.19. The summed E-state index contributed by atoms with van der Waals surface area (Å²) in [6.45, 7) is 2.37. The largest absolute Gasteiger partial charge is 0.398 e. The number of nitrogen functional groups attached to an aromatic ring is 1. The van der Waals surface area contributed by atoms with E-state index in [1.165, 1.54) is 6.20 Å². The number of pyridine rings is 2. The molecule has 7 heteroatoms. The molecule has 0 aliphatic carbocycles. The molecule has 3 rings (SSSR count). The van der Waals surface area contributed by atoms with E-state index in [2.05, 4.69) is 20.6 Å². The number of hydrogen-bond donors (Lipinski definition) is 4. The Hall–Kier alpha value is -3.74. The van der Waals surface area contributed by atoms with Crippen LogP contribution in [0.15, 0.2) is 60.9 Å². The van der Waals surface area contributed by atoms with Gasteiger partial charge < -0.3 is 11.1 Å². The number of amides is 2. The van der Waals surface area contributed by atoms with Gasteiger partial charge in [0.2, 0.25) is 0 Å². The molecule has 0 atom stereocenters. The van der Waals surface area contributed by atoms with Crippen molar-refractivity contribution >= 4 is 23.2 Å². The fourth-order valence-corrected chi connectivity index (χ4v) is 2.73. The fraction of sp³-hybridized carbons (Fsp3) is 0.143. The molecule has 0 saturated heterocycles. The molecule has 0 spiro atoms. The third-order valence-electron chi connectivity index (χ3n) is 4.17. The number of rotatable bonds is 6. The molecule has 2 amide bonds. The van der Waals surface area contributed by atoms with Gasteiger partial charge in [0.15, 0.2) is 0 Å². The van der Waals surface area contributed by atoms with Crippen LogP contribution in [0.25, 0.3) is 0 Å². The molecule has 1 aromatic carbocycles. The zero-order valence-electron chi connectivity index (χ0n) is 15.6. The average Bonchev–Trinajstić information content (AvgIpc) is 2.68. The van der Waals surface area contributed by atoms with Crippen LogP contribution in [0.2, 0.25) is 0 Å². The van der Waals surface area contributed by atoms with Crippen LogP contribution in [-0.2, 0) is 6.42 Å². The zero-order valence-corrected chi connectivity index (χ0v) is 15.6. The van der Waals surface area contributed by atoms with Crippen molar-refractivity contribution in [2.45, 2.75) is 13.3 Å². The number of urea groups is 1. The van der Waals surface area contributed by atoms with E-state index >= 15 is 0 Å². The maximum Gasteiger partial charge on any atom is 0.320 e. The number of nitrogens with two attached hydrogens (primary N) is 1. The van der Waals surface area contributed by atoms with Crippen LogP contribution in [0.1, 0.15) is 22.4 Å². The van der Waals surface area contributed by atoms with Crippen molar-refractivity contribution in [1.29, 1.82) is 5.41 Å². The van der Waals surface area contributed by atoms with E-state index < -0.39 is 0 Å². The van der Waals surface area contributed by atoms with Crippen molar-refractivity contribution in [3.8, 4) is 0 Å². The van der Waals surface area contributed by atoms with Crippen LogP contribution in [0.4, 0.5) is 16.3 Å². The van der Waals surface area contributed by atoms with Gasteiger partial charge >= 0.3 is 6.03 Å². The molecule has 28 heavy (non-hydrogen) atoms. The molecule has 0 saturated carbocycles. The first-order valence-corrected chi connectivity index (χ1v) is 8.89. The van der Waals surface area contributed by atoms with E-state index in [0.717, 1.165) is 17.7 Å². The quantitative estimate of drug-likeness (QED) is 0.496. The predicted molar refractivity (Wildman–Crippen MR) is 111 cm³/mol. The van der Waals surface area contributed by atoms with Crippen LogP contribution in [0, 0.1) is 12.3 Å². The topological polar surface area (TPSA) is 117 Å². The van der Waals surface area contributed by atoms with Gasteiger partial charge in [-0.2, -0.15) is 0 Å². The van der Waals surface area contributed by atoms with E-state index in [4.69, 9.17) is 11.1 Å². The summed E-state index contributed by atoms with van der Waals surface area (Å²) in [4.78, 5) is 20.4. The minimum atomic E-state index is -0.351. The van der Waals surface area contributed by atoms with Gasteiger partial charge in [0, 0.05) is 47.5 Å². The summed E-state index contributed by atoms with van der Waals surface area (Å²) < 4.78 is 0. The number of nitrogens with zero attached hydrogens (tertiary/aromatic N) is 2. The van der Waals surface area contributed by atoms with Crippen LogP contribution >= 0.6 is 0 Å². The summed E-state index contributed by atoms with van der Waals surface area (Å²) in [6, 6.07) is 14.7. The summed E-state index contributed by atoms with van der Waals surface area (Å²) in [5.41, 5.74) is 9.89. The summed E-state index contributed by atoms with van der Waals surface area (Å²) >= 11 is 0. The number of hydrogen-bond acceptors (Lipinski definition) is 5. The highest BCUT2D eigenvalue weighted by molar-refractivity contribution is 6.13. The second-order valence-electron chi connectivity index (χ2n) is 6.33. The van der Waals surface area contributed by atoms with E-state index in [0.29, 0.717) is 29.2 Å². The molecule has 0 aliphatic heterocycles. The monoisotopic (exact) mass is 374 g/mol. The SMILES string of the molecule is Cc1cc(C(=N)c2cnc(NC(=O)NCCc3ccccc3)cc2N)ccn1. The number of carbonyl (C=O) groups excluding carboxylic acids is 1. The number of benzene rings is 1. The van der Waals surface area contributed by atoms with Crippen molar-refractivity contribution in [3.63, 3.8) is 0 Å². The maximum atomic E-state index is 12.0. The van der Waals surface area contributed by atoms with Crippen LogP contribution in [0.5, 0.6) is 0 Å².